The van der Waals surface area contributed by atoms with E-state index in [2.05, 4.69) is 0 Å². The van der Waals surface area contributed by atoms with Gasteiger partial charge in [0.1, 0.15) is 0 Å². The van der Waals surface area contributed by atoms with Gasteiger partial charge in [0.2, 0.25) is 0 Å². The minimum Gasteiger partial charge on any atom is -0.478 e. The number of likely N-dealkylation sites (N-methyl/N-ethyl adjacent to an activating group) is 1. The Morgan fingerprint density at radius 2 is 2.21 bits per heavy atom. The number of aromatic carboxylic acids is 1. The predicted molar refractivity (Wildman–Crippen MR) is 75.0 cm³/mol. The highest BCUT2D eigenvalue weighted by atomic mass is 16.5. The lowest BCUT2D eigenvalue weighted by Crippen LogP contribution is -2.25. The Kier molecular flexibility index (Phi) is 4.43. The van der Waals surface area contributed by atoms with Gasteiger partial charge in [0, 0.05) is 20.2 Å². The van der Waals surface area contributed by atoms with Crippen LogP contribution in [-0.2, 0) is 4.74 Å². The van der Waals surface area contributed by atoms with Crippen LogP contribution in [0, 0.1) is 12.8 Å². The molecule has 4 heteroatoms. The molecular formula is C15H21NO3. The maximum absolute atomic E-state index is 11.2. The lowest BCUT2D eigenvalue weighted by atomic mass is 10.1. The van der Waals surface area contributed by atoms with Crippen LogP contribution in [-0.4, -0.2) is 37.9 Å². The third kappa shape index (κ3) is 3.70. The van der Waals surface area contributed by atoms with Gasteiger partial charge < -0.3 is 14.7 Å². The fraction of sp³-hybridized carbons (Fsp3) is 0.533. The lowest BCUT2D eigenvalue weighted by molar-refractivity contribution is 0.0697. The summed E-state index contributed by atoms with van der Waals surface area (Å²) in [5.74, 6) is -0.122. The van der Waals surface area contributed by atoms with Crippen LogP contribution in [0.25, 0.3) is 0 Å². The highest BCUT2D eigenvalue weighted by Crippen LogP contribution is 2.29. The van der Waals surface area contributed by atoms with Crippen LogP contribution < -0.4 is 4.90 Å². The number of carboxylic acids is 1. The van der Waals surface area contributed by atoms with Crippen molar-refractivity contribution < 1.29 is 14.6 Å². The number of benzene rings is 1. The third-order valence-corrected chi connectivity index (χ3v) is 3.47. The van der Waals surface area contributed by atoms with E-state index >= 15 is 0 Å². The largest absolute Gasteiger partial charge is 0.478 e. The van der Waals surface area contributed by atoms with Crippen molar-refractivity contribution in [2.45, 2.75) is 19.8 Å². The zero-order chi connectivity index (χ0) is 13.8. The highest BCUT2D eigenvalue weighted by Gasteiger charge is 2.21. The van der Waals surface area contributed by atoms with E-state index in [0.29, 0.717) is 18.7 Å². The first-order chi connectivity index (χ1) is 9.09. The Labute approximate surface area is 114 Å². The first kappa shape index (κ1) is 13.9. The van der Waals surface area contributed by atoms with E-state index in [-0.39, 0.29) is 0 Å². The summed E-state index contributed by atoms with van der Waals surface area (Å²) in [4.78, 5) is 13.2. The van der Waals surface area contributed by atoms with Crippen molar-refractivity contribution in [1.82, 2.24) is 0 Å². The summed E-state index contributed by atoms with van der Waals surface area (Å²) in [6, 6.07) is 5.36. The maximum Gasteiger partial charge on any atom is 0.337 e. The number of rotatable bonds is 7. The van der Waals surface area contributed by atoms with Crippen LogP contribution in [0.15, 0.2) is 18.2 Å². The van der Waals surface area contributed by atoms with Gasteiger partial charge in [-0.25, -0.2) is 4.79 Å². The molecule has 1 aliphatic rings. The van der Waals surface area contributed by atoms with Crippen LogP contribution in [0.3, 0.4) is 0 Å². The lowest BCUT2D eigenvalue weighted by Gasteiger charge is -2.23. The van der Waals surface area contributed by atoms with Gasteiger partial charge in [-0.05, 0) is 37.3 Å². The molecule has 1 aromatic carbocycles. The normalized spacial score (nSPS) is 14.4. The zero-order valence-electron chi connectivity index (χ0n) is 11.6. The molecule has 2 rings (SSSR count). The Bertz CT molecular complexity index is 455. The van der Waals surface area contributed by atoms with Gasteiger partial charge in [-0.1, -0.05) is 12.1 Å². The van der Waals surface area contributed by atoms with Gasteiger partial charge >= 0.3 is 5.97 Å². The molecule has 0 atom stereocenters. The number of hydrogen-bond donors (Lipinski definition) is 1. The number of anilines is 1. The van der Waals surface area contributed by atoms with Crippen LogP contribution in [0.2, 0.25) is 0 Å². The molecule has 19 heavy (non-hydrogen) atoms. The van der Waals surface area contributed by atoms with Gasteiger partial charge in [-0.2, -0.15) is 0 Å². The van der Waals surface area contributed by atoms with E-state index in [1.807, 2.05) is 24.9 Å². The summed E-state index contributed by atoms with van der Waals surface area (Å²) in [5, 5.41) is 9.23. The Morgan fingerprint density at radius 1 is 1.47 bits per heavy atom. The molecule has 1 aliphatic carbocycles. The minimum atomic E-state index is -0.885. The second kappa shape index (κ2) is 6.06. The first-order valence-corrected chi connectivity index (χ1v) is 6.71. The molecule has 0 aromatic heterocycles. The van der Waals surface area contributed by atoms with Crippen LogP contribution in [0.1, 0.15) is 28.8 Å². The minimum absolute atomic E-state index is 0.352. The summed E-state index contributed by atoms with van der Waals surface area (Å²) in [7, 11) is 1.91. The van der Waals surface area contributed by atoms with Crippen LogP contribution in [0.5, 0.6) is 0 Å². The molecule has 0 heterocycles. The van der Waals surface area contributed by atoms with Crippen molar-refractivity contribution in [2.75, 3.05) is 31.7 Å². The standard InChI is InChI=1S/C15H21NO3/c1-11-4-3-5-13(15(17)18)14(11)16(2)8-9-19-10-12-6-7-12/h3-5,12H,6-10H2,1-2H3,(H,17,18). The fourth-order valence-electron chi connectivity index (χ4n) is 2.19. The highest BCUT2D eigenvalue weighted by molar-refractivity contribution is 5.95. The number of ether oxygens (including phenoxy) is 1. The molecular weight excluding hydrogens is 242 g/mol. The van der Waals surface area contributed by atoms with Crippen LogP contribution >= 0.6 is 0 Å². The third-order valence-electron chi connectivity index (χ3n) is 3.47. The summed E-state index contributed by atoms with van der Waals surface area (Å²) in [6.45, 7) is 4.12. The zero-order valence-corrected chi connectivity index (χ0v) is 11.6. The second-order valence-corrected chi connectivity index (χ2v) is 5.22. The molecule has 1 saturated carbocycles. The maximum atomic E-state index is 11.2. The van der Waals surface area contributed by atoms with E-state index in [1.165, 1.54) is 12.8 Å². The number of para-hydroxylation sites is 1. The van der Waals surface area contributed by atoms with E-state index in [9.17, 15) is 9.90 Å². The van der Waals surface area contributed by atoms with Gasteiger partial charge in [0.15, 0.2) is 0 Å². The molecule has 0 bridgehead atoms. The summed E-state index contributed by atoms with van der Waals surface area (Å²) < 4.78 is 5.60. The smallest absolute Gasteiger partial charge is 0.337 e. The van der Waals surface area contributed by atoms with Crippen molar-refractivity contribution >= 4 is 11.7 Å². The quantitative estimate of drug-likeness (QED) is 0.768. The van der Waals surface area contributed by atoms with Gasteiger partial charge in [0.05, 0.1) is 17.9 Å². The summed E-state index contributed by atoms with van der Waals surface area (Å²) >= 11 is 0. The molecule has 1 aromatic rings. The van der Waals surface area contributed by atoms with Crippen molar-refractivity contribution in [3.05, 3.63) is 29.3 Å². The van der Waals surface area contributed by atoms with E-state index < -0.39 is 5.97 Å². The topological polar surface area (TPSA) is 49.8 Å². The molecule has 4 nitrogen and oxygen atoms in total. The first-order valence-electron chi connectivity index (χ1n) is 6.71. The van der Waals surface area contributed by atoms with Crippen molar-refractivity contribution in [1.29, 1.82) is 0 Å². The molecule has 0 aliphatic heterocycles. The SMILES string of the molecule is Cc1cccc(C(=O)O)c1N(C)CCOCC1CC1. The van der Waals surface area contributed by atoms with Crippen molar-refractivity contribution in [3.8, 4) is 0 Å². The molecule has 1 N–H and O–H groups in total. The number of carbonyl (C=O) groups is 1. The molecule has 1 fully saturated rings. The molecule has 0 unspecified atom stereocenters. The van der Waals surface area contributed by atoms with Gasteiger partial charge in [0.25, 0.3) is 0 Å². The van der Waals surface area contributed by atoms with E-state index in [0.717, 1.165) is 23.8 Å². The summed E-state index contributed by atoms with van der Waals surface area (Å²) in [6.07, 6.45) is 2.58. The average molecular weight is 263 g/mol. The number of carboxylic acid groups (broad SMARTS) is 1. The number of nitrogens with zero attached hydrogens (tertiary/aromatic N) is 1. The summed E-state index contributed by atoms with van der Waals surface area (Å²) in [5.41, 5.74) is 2.11. The Hall–Kier alpha value is -1.55. The number of hydrogen-bond acceptors (Lipinski definition) is 3. The Balaban J connectivity index is 1.96. The molecule has 0 amide bonds. The van der Waals surface area contributed by atoms with Gasteiger partial charge in [-0.3, -0.25) is 0 Å². The van der Waals surface area contributed by atoms with Crippen molar-refractivity contribution in [2.24, 2.45) is 5.92 Å². The Morgan fingerprint density at radius 3 is 2.84 bits per heavy atom. The van der Waals surface area contributed by atoms with Gasteiger partial charge in [-0.15, -0.1) is 0 Å². The average Bonchev–Trinajstić information content (AvgIpc) is 3.18. The van der Waals surface area contributed by atoms with Crippen molar-refractivity contribution in [3.63, 3.8) is 0 Å². The monoisotopic (exact) mass is 263 g/mol. The number of aryl methyl sites for hydroxylation is 1. The van der Waals surface area contributed by atoms with Crippen LogP contribution in [0.4, 0.5) is 5.69 Å². The molecule has 0 radical (unpaired) electrons. The fourth-order valence-corrected chi connectivity index (χ4v) is 2.19. The molecule has 0 saturated heterocycles. The second-order valence-electron chi connectivity index (χ2n) is 5.22. The van der Waals surface area contributed by atoms with E-state index in [1.54, 1.807) is 12.1 Å². The molecule has 0 spiro atoms. The predicted octanol–water partition coefficient (Wildman–Crippen LogP) is 2.56. The molecule has 104 valence electrons. The van der Waals surface area contributed by atoms with E-state index in [4.69, 9.17) is 4.74 Å².